The number of ether oxygens (including phenoxy) is 4. The number of methoxy groups -OCH3 is 2. The molecule has 0 aliphatic rings. The van der Waals surface area contributed by atoms with Gasteiger partial charge < -0.3 is 18.9 Å². The van der Waals surface area contributed by atoms with E-state index in [-0.39, 0.29) is 103 Å². The maximum absolute atomic E-state index is 5.75. The third-order valence-corrected chi connectivity index (χ3v) is 9.52. The van der Waals surface area contributed by atoms with Crippen LogP contribution in [0.3, 0.4) is 0 Å². The van der Waals surface area contributed by atoms with Crippen LogP contribution in [0, 0.1) is 12.1 Å². The van der Waals surface area contributed by atoms with E-state index in [0.29, 0.717) is 52.7 Å². The SMILES string of the molecule is COCCOCCN(/N=C/c1[c-]ccc(-c2cc[c-]c(/C=N/N(CCOCCOC)c3nc4ccccc4s3)c2)c1)c1nc2ccccc2s1.[K+].[K+]. The molecule has 14 heteroatoms. The van der Waals surface area contributed by atoms with Crippen molar-refractivity contribution >= 4 is 65.8 Å². The Balaban J connectivity index is 0.00000302. The van der Waals surface area contributed by atoms with Crippen LogP contribution in [0.15, 0.2) is 95.1 Å². The molecule has 2 heterocycles. The van der Waals surface area contributed by atoms with Crippen molar-refractivity contribution in [2.24, 2.45) is 10.2 Å². The number of hydrogen-bond acceptors (Lipinski definition) is 12. The first-order chi connectivity index (χ1) is 24.7. The summed E-state index contributed by atoms with van der Waals surface area (Å²) in [6.07, 6.45) is 3.62. The minimum Gasteiger partial charge on any atom is -0.382 e. The fourth-order valence-corrected chi connectivity index (χ4v) is 6.78. The van der Waals surface area contributed by atoms with Crippen LogP contribution in [0.1, 0.15) is 11.1 Å². The van der Waals surface area contributed by atoms with E-state index in [4.69, 9.17) is 39.1 Å². The van der Waals surface area contributed by atoms with E-state index in [1.807, 2.05) is 83.1 Å². The molecule has 0 N–H and O–H groups in total. The number of fused-ring (bicyclic) bond motifs is 2. The number of aromatic nitrogens is 2. The van der Waals surface area contributed by atoms with Crippen LogP contribution < -0.4 is 113 Å². The number of thiazole rings is 2. The van der Waals surface area contributed by atoms with Gasteiger partial charge in [-0.2, -0.15) is 0 Å². The Morgan fingerprint density at radius 1 is 0.615 bits per heavy atom. The van der Waals surface area contributed by atoms with Gasteiger partial charge in [0.1, 0.15) is 0 Å². The number of hydrogen-bond donors (Lipinski definition) is 0. The molecule has 258 valence electrons. The van der Waals surface area contributed by atoms with Crippen molar-refractivity contribution in [1.29, 1.82) is 0 Å². The largest absolute Gasteiger partial charge is 1.00 e. The van der Waals surface area contributed by atoms with Gasteiger partial charge in [-0.25, -0.2) is 30.2 Å². The molecular weight excluding hydrogens is 747 g/mol. The summed E-state index contributed by atoms with van der Waals surface area (Å²) >= 11 is 3.20. The van der Waals surface area contributed by atoms with Gasteiger partial charge in [-0.05, 0) is 36.7 Å². The Morgan fingerprint density at radius 3 is 1.48 bits per heavy atom. The molecule has 0 fully saturated rings. The molecule has 0 radical (unpaired) electrons. The summed E-state index contributed by atoms with van der Waals surface area (Å²) in [6.45, 7) is 4.20. The van der Waals surface area contributed by atoms with E-state index in [9.17, 15) is 0 Å². The van der Waals surface area contributed by atoms with Gasteiger partial charge in [0, 0.05) is 14.2 Å². The zero-order chi connectivity index (χ0) is 34.4. The van der Waals surface area contributed by atoms with Gasteiger partial charge in [-0.3, -0.25) is 0 Å². The first-order valence-corrected chi connectivity index (χ1v) is 17.8. The maximum atomic E-state index is 5.75. The summed E-state index contributed by atoms with van der Waals surface area (Å²) < 4.78 is 23.9. The third kappa shape index (κ3) is 12.9. The smallest absolute Gasteiger partial charge is 0.382 e. The summed E-state index contributed by atoms with van der Waals surface area (Å²) in [5, 5.41) is 15.0. The second kappa shape index (κ2) is 23.6. The second-order valence-corrected chi connectivity index (χ2v) is 13.0. The van der Waals surface area contributed by atoms with Gasteiger partial charge >= 0.3 is 103 Å². The molecule has 2 aromatic heterocycles. The molecule has 52 heavy (non-hydrogen) atoms. The molecule has 0 unspecified atom stereocenters. The fourth-order valence-electron chi connectivity index (χ4n) is 4.88. The molecule has 0 spiro atoms. The Morgan fingerprint density at radius 2 is 1.06 bits per heavy atom. The Kier molecular flexibility index (Phi) is 19.7. The van der Waals surface area contributed by atoms with Crippen LogP contribution in [0.25, 0.3) is 31.6 Å². The van der Waals surface area contributed by atoms with Crippen molar-refractivity contribution in [3.05, 3.63) is 108 Å². The minimum atomic E-state index is 0. The van der Waals surface area contributed by atoms with Crippen molar-refractivity contribution < 1.29 is 122 Å². The molecule has 0 saturated heterocycles. The van der Waals surface area contributed by atoms with Gasteiger partial charge in [0.25, 0.3) is 0 Å². The van der Waals surface area contributed by atoms with Gasteiger partial charge in [0.15, 0.2) is 0 Å². The van der Waals surface area contributed by atoms with Crippen LogP contribution in [0.5, 0.6) is 0 Å². The predicted molar refractivity (Wildman–Crippen MR) is 204 cm³/mol. The summed E-state index contributed by atoms with van der Waals surface area (Å²) in [6, 6.07) is 34.8. The Hall–Kier alpha value is -1.29. The third-order valence-electron chi connectivity index (χ3n) is 7.42. The van der Waals surface area contributed by atoms with Crippen molar-refractivity contribution in [3.8, 4) is 11.1 Å². The van der Waals surface area contributed by atoms with Crippen LogP contribution in [0.2, 0.25) is 0 Å². The zero-order valence-electron chi connectivity index (χ0n) is 30.0. The zero-order valence-corrected chi connectivity index (χ0v) is 37.9. The van der Waals surface area contributed by atoms with Crippen molar-refractivity contribution in [2.75, 3.05) is 77.0 Å². The number of nitrogens with zero attached hydrogens (tertiary/aromatic N) is 6. The quantitative estimate of drug-likeness (QED) is 0.0398. The van der Waals surface area contributed by atoms with Crippen molar-refractivity contribution in [1.82, 2.24) is 9.97 Å². The molecule has 0 atom stereocenters. The second-order valence-electron chi connectivity index (χ2n) is 10.9. The van der Waals surface area contributed by atoms with Gasteiger partial charge in [0.05, 0.1) is 73.2 Å². The molecule has 4 aromatic carbocycles. The molecular formula is C38H38K2N6O4S2. The summed E-state index contributed by atoms with van der Waals surface area (Å²) in [4.78, 5) is 9.62. The molecule has 0 saturated carbocycles. The molecule has 6 aromatic rings. The topological polar surface area (TPSA) is 93.9 Å². The maximum Gasteiger partial charge on any atom is 1.00 e. The molecule has 0 aliphatic heterocycles. The Labute approximate surface area is 398 Å². The summed E-state index contributed by atoms with van der Waals surface area (Å²) in [5.41, 5.74) is 5.62. The van der Waals surface area contributed by atoms with Crippen LogP contribution in [0.4, 0.5) is 10.3 Å². The number of para-hydroxylation sites is 2. The summed E-state index contributed by atoms with van der Waals surface area (Å²) in [5.74, 6) is 0. The predicted octanol–water partition coefficient (Wildman–Crippen LogP) is 1.19. The molecule has 0 bridgehead atoms. The van der Waals surface area contributed by atoms with Crippen molar-refractivity contribution in [3.63, 3.8) is 0 Å². The van der Waals surface area contributed by atoms with Crippen LogP contribution >= 0.6 is 22.7 Å². The molecule has 0 aliphatic carbocycles. The number of hydrazone groups is 2. The average molecular weight is 785 g/mol. The van der Waals surface area contributed by atoms with Crippen LogP contribution in [-0.2, 0) is 18.9 Å². The van der Waals surface area contributed by atoms with E-state index in [2.05, 4.69) is 36.4 Å². The molecule has 10 nitrogen and oxygen atoms in total. The summed E-state index contributed by atoms with van der Waals surface area (Å²) in [7, 11) is 3.33. The number of anilines is 2. The standard InChI is InChI=1S/C38H38N6O4S2.2K/c1-45-21-23-47-19-17-43(37-41-33-13-3-5-15-35(33)49-37)39-27-29-9-7-11-31(25-29)32-12-8-10-30(26-32)28-40-44(18-20-48-24-22-46-2)38-42-34-14-4-6-16-36(34)50-38;;/h3-8,11-16,25-28H,17-24H2,1-2H3;;/q-2;2*+1/b39-27+,40-28+;;. The number of rotatable bonds is 19. The monoisotopic (exact) mass is 784 g/mol. The van der Waals surface area contributed by atoms with E-state index in [1.165, 1.54) is 0 Å². The first-order valence-electron chi connectivity index (χ1n) is 16.2. The first kappa shape index (κ1) is 43.4. The molecule has 6 rings (SSSR count). The van der Waals surface area contributed by atoms with E-state index >= 15 is 0 Å². The van der Waals surface area contributed by atoms with E-state index in [0.717, 1.165) is 53.0 Å². The number of benzene rings is 4. The minimum absolute atomic E-state index is 0. The van der Waals surface area contributed by atoms with Crippen molar-refractivity contribution in [2.45, 2.75) is 0 Å². The Bertz CT molecular complexity index is 1810. The molecule has 0 amide bonds. The average Bonchev–Trinajstić information content (AvgIpc) is 3.79. The van der Waals surface area contributed by atoms with Gasteiger partial charge in [-0.1, -0.05) is 46.9 Å². The fraction of sp³-hybridized carbons (Fsp3) is 0.263. The van der Waals surface area contributed by atoms with Crippen LogP contribution in [-0.4, -0.2) is 89.3 Å². The van der Waals surface area contributed by atoms with E-state index < -0.39 is 0 Å². The van der Waals surface area contributed by atoms with Gasteiger partial charge in [0.2, 0.25) is 10.3 Å². The normalized spacial score (nSPS) is 11.3. The van der Waals surface area contributed by atoms with Gasteiger partial charge in [-0.15, -0.1) is 70.8 Å². The van der Waals surface area contributed by atoms with E-state index in [1.54, 1.807) is 36.9 Å².